The molecule has 0 radical (unpaired) electrons. The van der Waals surface area contributed by atoms with Gasteiger partial charge in [0.05, 0.1) is 6.07 Å². The van der Waals surface area contributed by atoms with Crippen LogP contribution < -0.4 is 0 Å². The summed E-state index contributed by atoms with van der Waals surface area (Å²) in [4.78, 5) is 12.4. The van der Waals surface area contributed by atoms with Crippen LogP contribution in [0.15, 0.2) is 29.0 Å². The van der Waals surface area contributed by atoms with Crippen molar-refractivity contribution in [1.29, 1.82) is 5.26 Å². The highest BCUT2D eigenvalue weighted by molar-refractivity contribution is 7.08. The topological polar surface area (TPSA) is 40.9 Å². The van der Waals surface area contributed by atoms with E-state index in [1.807, 2.05) is 18.4 Å². The fraction of sp³-hybridized carbons (Fsp3) is 0.143. The number of thiophene rings is 1. The SMILES string of the molecule is Cc1cscc1C(=O)C(C#N)c1c(Cl)cccc1Cl. The first kappa shape index (κ1) is 14.1. The molecule has 0 bridgehead atoms. The maximum absolute atomic E-state index is 12.4. The molecule has 5 heteroatoms. The Hall–Kier alpha value is -1.34. The number of hydrogen-bond acceptors (Lipinski definition) is 3. The molecule has 1 aromatic heterocycles. The molecule has 0 aliphatic carbocycles. The molecule has 19 heavy (non-hydrogen) atoms. The van der Waals surface area contributed by atoms with Gasteiger partial charge in [-0.25, -0.2) is 0 Å². The molecule has 0 aliphatic rings. The summed E-state index contributed by atoms with van der Waals surface area (Å²) in [5, 5.41) is 13.6. The van der Waals surface area contributed by atoms with Gasteiger partial charge < -0.3 is 0 Å². The number of carbonyl (C=O) groups excluding carboxylic acids is 1. The Morgan fingerprint density at radius 1 is 1.32 bits per heavy atom. The summed E-state index contributed by atoms with van der Waals surface area (Å²) in [7, 11) is 0. The Bertz CT molecular complexity index is 652. The van der Waals surface area contributed by atoms with Crippen molar-refractivity contribution >= 4 is 40.3 Å². The van der Waals surface area contributed by atoms with E-state index in [0.717, 1.165) is 5.56 Å². The minimum atomic E-state index is -0.977. The van der Waals surface area contributed by atoms with E-state index in [-0.39, 0.29) is 5.78 Å². The molecule has 1 heterocycles. The minimum Gasteiger partial charge on any atom is -0.292 e. The van der Waals surface area contributed by atoms with E-state index < -0.39 is 5.92 Å². The van der Waals surface area contributed by atoms with Gasteiger partial charge in [0, 0.05) is 26.6 Å². The van der Waals surface area contributed by atoms with E-state index in [9.17, 15) is 10.1 Å². The first-order valence-corrected chi connectivity index (χ1v) is 7.16. The first-order valence-electron chi connectivity index (χ1n) is 5.46. The van der Waals surface area contributed by atoms with Crippen molar-refractivity contribution in [2.75, 3.05) is 0 Å². The summed E-state index contributed by atoms with van der Waals surface area (Å²) >= 11 is 13.6. The van der Waals surface area contributed by atoms with E-state index >= 15 is 0 Å². The molecule has 1 atom stereocenters. The number of nitrogens with zero attached hydrogens (tertiary/aromatic N) is 1. The molecule has 0 saturated heterocycles. The van der Waals surface area contributed by atoms with Crippen LogP contribution in [0.5, 0.6) is 0 Å². The lowest BCUT2D eigenvalue weighted by molar-refractivity contribution is 0.0979. The zero-order chi connectivity index (χ0) is 14.0. The summed E-state index contributed by atoms with van der Waals surface area (Å²) < 4.78 is 0. The van der Waals surface area contributed by atoms with Crippen LogP contribution in [0.1, 0.15) is 27.4 Å². The van der Waals surface area contributed by atoms with E-state index in [2.05, 4.69) is 0 Å². The molecular formula is C14H9Cl2NOS. The number of aryl methyl sites for hydroxylation is 1. The number of benzene rings is 1. The van der Waals surface area contributed by atoms with Crippen molar-refractivity contribution in [2.45, 2.75) is 12.8 Å². The second-order valence-electron chi connectivity index (χ2n) is 4.03. The fourth-order valence-corrected chi connectivity index (χ4v) is 3.26. The van der Waals surface area contributed by atoms with Crippen LogP contribution in [-0.2, 0) is 0 Å². The Kier molecular flexibility index (Phi) is 4.26. The zero-order valence-electron chi connectivity index (χ0n) is 9.98. The van der Waals surface area contributed by atoms with Gasteiger partial charge in [0.1, 0.15) is 5.92 Å². The van der Waals surface area contributed by atoms with Crippen LogP contribution in [0.4, 0.5) is 0 Å². The van der Waals surface area contributed by atoms with Crippen LogP contribution in [0.2, 0.25) is 10.0 Å². The van der Waals surface area contributed by atoms with Gasteiger partial charge in [-0.1, -0.05) is 29.3 Å². The number of carbonyl (C=O) groups is 1. The third kappa shape index (κ3) is 2.66. The molecule has 0 fully saturated rings. The molecule has 1 aromatic carbocycles. The largest absolute Gasteiger partial charge is 0.292 e. The second-order valence-corrected chi connectivity index (χ2v) is 5.59. The zero-order valence-corrected chi connectivity index (χ0v) is 12.3. The average Bonchev–Trinajstić information content (AvgIpc) is 2.79. The fourth-order valence-electron chi connectivity index (χ4n) is 1.81. The van der Waals surface area contributed by atoms with Gasteiger partial charge in [-0.3, -0.25) is 4.79 Å². The first-order chi connectivity index (χ1) is 9.06. The van der Waals surface area contributed by atoms with E-state index in [0.29, 0.717) is 21.2 Å². The highest BCUT2D eigenvalue weighted by Crippen LogP contribution is 2.34. The van der Waals surface area contributed by atoms with Gasteiger partial charge in [-0.2, -0.15) is 16.6 Å². The highest BCUT2D eigenvalue weighted by Gasteiger charge is 2.27. The molecule has 2 nitrogen and oxygen atoms in total. The second kappa shape index (κ2) is 5.75. The summed E-state index contributed by atoms with van der Waals surface area (Å²) in [5.41, 5.74) is 1.79. The van der Waals surface area contributed by atoms with Crippen molar-refractivity contribution < 1.29 is 4.79 Å². The molecule has 1 unspecified atom stereocenters. The third-order valence-electron chi connectivity index (χ3n) is 2.80. The minimum absolute atomic E-state index is 0.267. The van der Waals surface area contributed by atoms with Crippen molar-refractivity contribution in [1.82, 2.24) is 0 Å². The summed E-state index contributed by atoms with van der Waals surface area (Å²) in [6, 6.07) is 6.94. The number of Topliss-reactive ketones (excluding diaryl/α,β-unsaturated/α-hetero) is 1. The van der Waals surface area contributed by atoms with Crippen molar-refractivity contribution in [3.05, 3.63) is 55.7 Å². The predicted octanol–water partition coefficient (Wildman–Crippen LogP) is 4.85. The number of nitriles is 1. The van der Waals surface area contributed by atoms with Gasteiger partial charge in [-0.15, -0.1) is 0 Å². The molecule has 0 N–H and O–H groups in total. The van der Waals surface area contributed by atoms with Gasteiger partial charge >= 0.3 is 0 Å². The average molecular weight is 310 g/mol. The molecular weight excluding hydrogens is 301 g/mol. The van der Waals surface area contributed by atoms with Crippen LogP contribution in [0.3, 0.4) is 0 Å². The number of rotatable bonds is 3. The van der Waals surface area contributed by atoms with E-state index in [4.69, 9.17) is 23.2 Å². The Labute approximate surface area is 125 Å². The molecule has 96 valence electrons. The lowest BCUT2D eigenvalue weighted by Crippen LogP contribution is -2.12. The molecule has 0 aliphatic heterocycles. The highest BCUT2D eigenvalue weighted by atomic mass is 35.5. The van der Waals surface area contributed by atoms with E-state index in [1.54, 1.807) is 23.6 Å². The molecule has 0 saturated carbocycles. The summed E-state index contributed by atoms with van der Waals surface area (Å²) in [6.07, 6.45) is 0. The molecule has 0 amide bonds. The lowest BCUT2D eigenvalue weighted by atomic mass is 9.91. The van der Waals surface area contributed by atoms with Gasteiger partial charge in [0.25, 0.3) is 0 Å². The van der Waals surface area contributed by atoms with Crippen molar-refractivity contribution in [2.24, 2.45) is 0 Å². The Morgan fingerprint density at radius 3 is 2.42 bits per heavy atom. The van der Waals surface area contributed by atoms with Crippen molar-refractivity contribution in [3.8, 4) is 6.07 Å². The standard InChI is InChI=1S/C14H9Cl2NOS/c1-8-6-19-7-10(8)14(18)9(5-17)13-11(15)3-2-4-12(13)16/h2-4,6-7,9H,1H3. The Morgan fingerprint density at radius 2 is 1.95 bits per heavy atom. The number of ketones is 1. The smallest absolute Gasteiger partial charge is 0.185 e. The quantitative estimate of drug-likeness (QED) is 0.760. The Balaban J connectivity index is 2.50. The van der Waals surface area contributed by atoms with Crippen LogP contribution >= 0.6 is 34.5 Å². The third-order valence-corrected chi connectivity index (χ3v) is 4.32. The van der Waals surface area contributed by atoms with Crippen LogP contribution in [-0.4, -0.2) is 5.78 Å². The van der Waals surface area contributed by atoms with Gasteiger partial charge in [0.2, 0.25) is 0 Å². The summed E-state index contributed by atoms with van der Waals surface area (Å²) in [6.45, 7) is 1.84. The van der Waals surface area contributed by atoms with Crippen LogP contribution in [0, 0.1) is 18.3 Å². The van der Waals surface area contributed by atoms with Crippen LogP contribution in [0.25, 0.3) is 0 Å². The summed E-state index contributed by atoms with van der Waals surface area (Å²) in [5.74, 6) is -1.24. The maximum Gasteiger partial charge on any atom is 0.185 e. The normalized spacial score (nSPS) is 11.9. The lowest BCUT2D eigenvalue weighted by Gasteiger charge is -2.12. The molecule has 0 spiro atoms. The number of hydrogen-bond donors (Lipinski definition) is 0. The predicted molar refractivity (Wildman–Crippen MR) is 78.2 cm³/mol. The van der Waals surface area contributed by atoms with E-state index in [1.165, 1.54) is 11.3 Å². The monoisotopic (exact) mass is 309 g/mol. The van der Waals surface area contributed by atoms with Gasteiger partial charge in [-0.05, 0) is 30.0 Å². The van der Waals surface area contributed by atoms with Gasteiger partial charge in [0.15, 0.2) is 5.78 Å². The maximum atomic E-state index is 12.4. The van der Waals surface area contributed by atoms with Crippen molar-refractivity contribution in [3.63, 3.8) is 0 Å². The number of halogens is 2. The molecule has 2 rings (SSSR count). The molecule has 2 aromatic rings.